The molecule has 0 spiro atoms. The Bertz CT molecular complexity index is 978. The average molecular weight is 402 g/mol. The number of piperazine rings is 1. The van der Waals surface area contributed by atoms with Gasteiger partial charge in [0.1, 0.15) is 18.7 Å². The van der Waals surface area contributed by atoms with E-state index in [1.807, 2.05) is 24.4 Å². The number of pyridine rings is 1. The molecular formula is C20H19F3N5O+. The first-order chi connectivity index (χ1) is 13.9. The van der Waals surface area contributed by atoms with Crippen molar-refractivity contribution >= 4 is 11.7 Å². The lowest BCUT2D eigenvalue weighted by Gasteiger charge is -2.31. The highest BCUT2D eigenvalue weighted by atomic mass is 19.4. The number of aromatic nitrogens is 3. The highest BCUT2D eigenvalue weighted by Gasteiger charge is 2.40. The molecule has 150 valence electrons. The maximum absolute atomic E-state index is 13.2. The Labute approximate surface area is 165 Å². The van der Waals surface area contributed by atoms with Gasteiger partial charge in [0, 0.05) is 18.0 Å². The third-order valence-electron chi connectivity index (χ3n) is 4.91. The molecule has 1 N–H and O–H groups in total. The van der Waals surface area contributed by atoms with Crippen molar-refractivity contribution in [2.24, 2.45) is 0 Å². The molecule has 4 rings (SSSR count). The summed E-state index contributed by atoms with van der Waals surface area (Å²) < 4.78 is 41.4. The number of anilines is 1. The van der Waals surface area contributed by atoms with Crippen LogP contribution in [0.2, 0.25) is 0 Å². The van der Waals surface area contributed by atoms with E-state index < -0.39 is 11.7 Å². The third kappa shape index (κ3) is 3.94. The van der Waals surface area contributed by atoms with E-state index in [2.05, 4.69) is 10.1 Å². The molecule has 9 heteroatoms. The Hall–Kier alpha value is -3.36. The molecule has 3 heterocycles. The van der Waals surface area contributed by atoms with E-state index in [-0.39, 0.29) is 11.7 Å². The number of amides is 1. The molecule has 1 fully saturated rings. The lowest BCUT2D eigenvalue weighted by molar-refractivity contribution is -0.367. The SMILES string of the molecule is O=C(c1ccc(-n2cccn2)cc1)N1CCN(c2[nH+]cccc2C(F)(F)F)CC1. The maximum Gasteiger partial charge on any atom is 0.424 e. The normalized spacial score (nSPS) is 14.9. The van der Waals surface area contributed by atoms with Gasteiger partial charge < -0.3 is 4.90 Å². The van der Waals surface area contributed by atoms with Crippen LogP contribution in [0.1, 0.15) is 15.9 Å². The van der Waals surface area contributed by atoms with Crippen LogP contribution < -0.4 is 9.88 Å². The number of hydrogen-bond donors (Lipinski definition) is 0. The van der Waals surface area contributed by atoms with Gasteiger partial charge in [0.2, 0.25) is 0 Å². The number of hydrogen-bond acceptors (Lipinski definition) is 3. The minimum absolute atomic E-state index is 0.0377. The lowest BCUT2D eigenvalue weighted by atomic mass is 10.1. The predicted molar refractivity (Wildman–Crippen MR) is 99.7 cm³/mol. The number of alkyl halides is 3. The molecule has 0 atom stereocenters. The maximum atomic E-state index is 13.2. The summed E-state index contributed by atoms with van der Waals surface area (Å²) in [4.78, 5) is 18.8. The van der Waals surface area contributed by atoms with Crippen LogP contribution in [0.3, 0.4) is 0 Å². The molecule has 1 saturated heterocycles. The Kier molecular flexibility index (Phi) is 4.96. The summed E-state index contributed by atoms with van der Waals surface area (Å²) >= 11 is 0. The third-order valence-corrected chi connectivity index (χ3v) is 4.91. The number of carbonyl (C=O) groups is 1. The predicted octanol–water partition coefficient (Wildman–Crippen LogP) is 2.67. The monoisotopic (exact) mass is 402 g/mol. The first-order valence-electron chi connectivity index (χ1n) is 9.16. The molecule has 0 bridgehead atoms. The summed E-state index contributed by atoms with van der Waals surface area (Å²) in [5.74, 6) is -0.0968. The van der Waals surface area contributed by atoms with E-state index in [0.717, 1.165) is 11.8 Å². The number of benzene rings is 1. The standard InChI is InChI=1S/C20H18F3N5O/c21-20(22,23)17-3-1-8-24-18(17)26-11-13-27(14-12-26)19(29)15-4-6-16(7-5-15)28-10-2-9-25-28/h1-10H,11-14H2/p+1. The van der Waals surface area contributed by atoms with Crippen LogP contribution in [0.4, 0.5) is 19.0 Å². The van der Waals surface area contributed by atoms with Crippen LogP contribution in [0.5, 0.6) is 0 Å². The van der Waals surface area contributed by atoms with Crippen molar-refractivity contribution in [3.8, 4) is 5.69 Å². The van der Waals surface area contributed by atoms with Crippen molar-refractivity contribution in [3.05, 3.63) is 72.2 Å². The molecule has 0 radical (unpaired) electrons. The summed E-state index contributed by atoms with van der Waals surface area (Å²) in [5, 5.41) is 4.15. The average Bonchev–Trinajstić information content (AvgIpc) is 3.28. The van der Waals surface area contributed by atoms with Gasteiger partial charge in [-0.05, 0) is 42.5 Å². The molecule has 6 nitrogen and oxygen atoms in total. The molecular weight excluding hydrogens is 383 g/mol. The highest BCUT2D eigenvalue weighted by Crippen LogP contribution is 2.34. The minimum atomic E-state index is -4.43. The van der Waals surface area contributed by atoms with Gasteiger partial charge in [-0.25, -0.2) is 9.67 Å². The quantitative estimate of drug-likeness (QED) is 0.677. The van der Waals surface area contributed by atoms with Crippen LogP contribution in [0.25, 0.3) is 5.69 Å². The van der Waals surface area contributed by atoms with Crippen molar-refractivity contribution in [2.75, 3.05) is 31.1 Å². The summed E-state index contributed by atoms with van der Waals surface area (Å²) in [5.41, 5.74) is 0.682. The van der Waals surface area contributed by atoms with Crippen molar-refractivity contribution in [2.45, 2.75) is 6.18 Å². The molecule has 1 aromatic carbocycles. The summed E-state index contributed by atoms with van der Waals surface area (Å²) in [6.45, 7) is 1.33. The van der Waals surface area contributed by atoms with Crippen molar-refractivity contribution < 1.29 is 22.9 Å². The molecule has 1 aliphatic heterocycles. The zero-order valence-electron chi connectivity index (χ0n) is 15.4. The van der Waals surface area contributed by atoms with Gasteiger partial charge in [0.25, 0.3) is 11.7 Å². The Balaban J connectivity index is 1.43. The van der Waals surface area contributed by atoms with Gasteiger partial charge in [-0.15, -0.1) is 0 Å². The summed E-state index contributed by atoms with van der Waals surface area (Å²) in [7, 11) is 0. The number of carbonyl (C=O) groups excluding carboxylic acids is 1. The zero-order chi connectivity index (χ0) is 20.4. The number of nitrogens with zero attached hydrogens (tertiary/aromatic N) is 4. The van der Waals surface area contributed by atoms with Crippen LogP contribution >= 0.6 is 0 Å². The van der Waals surface area contributed by atoms with Crippen LogP contribution in [-0.2, 0) is 6.18 Å². The molecule has 1 amide bonds. The second kappa shape index (κ2) is 7.57. The van der Waals surface area contributed by atoms with Gasteiger partial charge in [-0.1, -0.05) is 0 Å². The molecule has 0 saturated carbocycles. The Morgan fingerprint density at radius 1 is 1.00 bits per heavy atom. The number of rotatable bonds is 3. The van der Waals surface area contributed by atoms with Crippen molar-refractivity contribution in [1.82, 2.24) is 14.7 Å². The second-order valence-electron chi connectivity index (χ2n) is 6.71. The van der Waals surface area contributed by atoms with E-state index in [9.17, 15) is 18.0 Å². The Morgan fingerprint density at radius 3 is 2.34 bits per heavy atom. The molecule has 0 unspecified atom stereocenters. The number of H-pyrrole nitrogens is 1. The van der Waals surface area contributed by atoms with Gasteiger partial charge in [-0.2, -0.15) is 18.3 Å². The minimum Gasteiger partial charge on any atom is -0.331 e. The van der Waals surface area contributed by atoms with E-state index in [1.54, 1.807) is 32.8 Å². The summed E-state index contributed by atoms with van der Waals surface area (Å²) in [6, 6.07) is 11.3. The van der Waals surface area contributed by atoms with E-state index in [0.29, 0.717) is 31.7 Å². The first kappa shape index (κ1) is 19.0. The van der Waals surface area contributed by atoms with Crippen LogP contribution in [0, 0.1) is 0 Å². The van der Waals surface area contributed by atoms with Crippen molar-refractivity contribution in [1.29, 1.82) is 0 Å². The molecule has 0 aliphatic carbocycles. The van der Waals surface area contributed by atoms with E-state index in [4.69, 9.17) is 0 Å². The summed E-state index contributed by atoms with van der Waals surface area (Å²) in [6.07, 6.45) is 0.526. The largest absolute Gasteiger partial charge is 0.424 e. The van der Waals surface area contributed by atoms with Crippen molar-refractivity contribution in [3.63, 3.8) is 0 Å². The fraction of sp³-hybridized carbons (Fsp3) is 0.250. The molecule has 1 aliphatic rings. The van der Waals surface area contributed by atoms with Gasteiger partial charge >= 0.3 is 6.18 Å². The smallest absolute Gasteiger partial charge is 0.331 e. The lowest BCUT2D eigenvalue weighted by Crippen LogP contribution is -2.50. The molecule has 3 aromatic rings. The zero-order valence-corrected chi connectivity index (χ0v) is 15.4. The second-order valence-corrected chi connectivity index (χ2v) is 6.71. The number of nitrogens with one attached hydrogen (secondary N) is 1. The van der Waals surface area contributed by atoms with Gasteiger partial charge in [0.15, 0.2) is 0 Å². The first-order valence-corrected chi connectivity index (χ1v) is 9.16. The fourth-order valence-corrected chi connectivity index (χ4v) is 3.41. The van der Waals surface area contributed by atoms with E-state index in [1.165, 1.54) is 12.3 Å². The van der Waals surface area contributed by atoms with Gasteiger partial charge in [0.05, 0.1) is 25.0 Å². The van der Waals surface area contributed by atoms with Crippen LogP contribution in [-0.4, -0.2) is 46.8 Å². The fourth-order valence-electron chi connectivity index (χ4n) is 3.41. The number of halogens is 3. The van der Waals surface area contributed by atoms with Crippen LogP contribution in [0.15, 0.2) is 61.1 Å². The highest BCUT2D eigenvalue weighted by molar-refractivity contribution is 5.94. The topological polar surface area (TPSA) is 55.5 Å². The van der Waals surface area contributed by atoms with Gasteiger partial charge in [-0.3, -0.25) is 9.69 Å². The Morgan fingerprint density at radius 2 is 1.72 bits per heavy atom. The molecule has 2 aromatic heterocycles. The van der Waals surface area contributed by atoms with E-state index >= 15 is 0 Å². The molecule has 29 heavy (non-hydrogen) atoms. The number of aromatic amines is 1.